The third-order valence-electron chi connectivity index (χ3n) is 5.73. The van der Waals surface area contributed by atoms with Crippen LogP contribution in [0.2, 0.25) is 0 Å². The van der Waals surface area contributed by atoms with Gasteiger partial charge in [0.25, 0.3) is 0 Å². The molecule has 0 fully saturated rings. The lowest BCUT2D eigenvalue weighted by atomic mass is 10.2. The molecule has 0 radical (unpaired) electrons. The molecule has 4 aromatic carbocycles. The Labute approximate surface area is 179 Å². The van der Waals surface area contributed by atoms with Crippen molar-refractivity contribution in [2.45, 2.75) is 26.9 Å². The second-order valence-electron chi connectivity index (χ2n) is 8.10. The van der Waals surface area contributed by atoms with Crippen LogP contribution in [0.3, 0.4) is 0 Å². The van der Waals surface area contributed by atoms with Crippen molar-refractivity contribution < 1.29 is 4.39 Å². The van der Waals surface area contributed by atoms with Crippen molar-refractivity contribution in [3.63, 3.8) is 0 Å². The maximum absolute atomic E-state index is 14.1. The number of rotatable bonds is 5. The fraction of sp³-hybridized carbons (Fsp3) is 0.143. The first-order valence-electron chi connectivity index (χ1n) is 10.3. The highest BCUT2D eigenvalue weighted by molar-refractivity contribution is 7.95. The van der Waals surface area contributed by atoms with E-state index >= 15 is 0 Å². The Morgan fingerprint density at radius 2 is 0.967 bits per heavy atom. The Bertz CT molecular complexity index is 1020. The summed E-state index contributed by atoms with van der Waals surface area (Å²) in [6.45, 7) is 6.36. The molecule has 30 heavy (non-hydrogen) atoms. The van der Waals surface area contributed by atoms with Gasteiger partial charge in [0.1, 0.15) is 29.0 Å². The second-order valence-corrected chi connectivity index (χ2v) is 11.6. The van der Waals surface area contributed by atoms with E-state index in [1.165, 1.54) is 38.7 Å². The molecule has 0 spiro atoms. The molecule has 0 nitrogen and oxygen atoms in total. The van der Waals surface area contributed by atoms with Gasteiger partial charge in [-0.2, -0.15) is 0 Å². The highest BCUT2D eigenvalue weighted by atomic mass is 31.2. The van der Waals surface area contributed by atoms with Crippen LogP contribution in [-0.2, 0) is 6.16 Å². The van der Waals surface area contributed by atoms with Crippen LogP contribution >= 0.6 is 7.26 Å². The molecule has 0 aliphatic heterocycles. The van der Waals surface area contributed by atoms with E-state index in [4.69, 9.17) is 0 Å². The maximum Gasteiger partial charge on any atom is 0.123 e. The Balaban J connectivity index is 2.01. The van der Waals surface area contributed by atoms with Crippen molar-refractivity contribution in [2.24, 2.45) is 0 Å². The van der Waals surface area contributed by atoms with Gasteiger partial charge in [-0.1, -0.05) is 65.2 Å². The molecular weight excluding hydrogens is 385 g/mol. The molecular formula is C28H27FP+. The molecule has 0 amide bonds. The van der Waals surface area contributed by atoms with E-state index in [0.29, 0.717) is 0 Å². The van der Waals surface area contributed by atoms with E-state index in [2.05, 4.69) is 99.6 Å². The molecule has 2 heteroatoms. The quantitative estimate of drug-likeness (QED) is 0.340. The molecule has 0 N–H and O–H groups in total. The Hall–Kier alpha value is -2.76. The molecule has 0 atom stereocenters. The lowest BCUT2D eigenvalue weighted by Crippen LogP contribution is -2.32. The zero-order valence-electron chi connectivity index (χ0n) is 17.8. The molecule has 0 saturated heterocycles. The Morgan fingerprint density at radius 3 is 1.33 bits per heavy atom. The molecule has 4 rings (SSSR count). The summed E-state index contributed by atoms with van der Waals surface area (Å²) in [4.78, 5) is 0. The number of hydrogen-bond donors (Lipinski definition) is 0. The summed E-state index contributed by atoms with van der Waals surface area (Å²) in [5.41, 5.74) is 4.77. The number of halogens is 1. The van der Waals surface area contributed by atoms with Crippen molar-refractivity contribution in [3.8, 4) is 0 Å². The van der Waals surface area contributed by atoms with Crippen molar-refractivity contribution >= 4 is 23.2 Å². The summed E-state index contributed by atoms with van der Waals surface area (Å²) in [7, 11) is -2.02. The number of benzene rings is 4. The van der Waals surface area contributed by atoms with Crippen molar-refractivity contribution in [2.75, 3.05) is 0 Å². The summed E-state index contributed by atoms with van der Waals surface area (Å²) >= 11 is 0. The van der Waals surface area contributed by atoms with E-state index in [-0.39, 0.29) is 5.82 Å². The monoisotopic (exact) mass is 412 g/mol. The average Bonchev–Trinajstić information content (AvgIpc) is 2.74. The van der Waals surface area contributed by atoms with Gasteiger partial charge in [0.15, 0.2) is 0 Å². The van der Waals surface area contributed by atoms with Gasteiger partial charge in [-0.25, -0.2) is 4.39 Å². The van der Waals surface area contributed by atoms with Crippen molar-refractivity contribution in [3.05, 3.63) is 125 Å². The molecule has 4 aromatic rings. The van der Waals surface area contributed by atoms with E-state index in [9.17, 15) is 4.39 Å². The van der Waals surface area contributed by atoms with E-state index in [1.54, 1.807) is 6.07 Å². The SMILES string of the molecule is Cc1ccc([P+](Cc2cccc([18F])c2)(c2ccc(C)cc2)c2ccc(C)cc2)cc1. The highest BCUT2D eigenvalue weighted by Gasteiger charge is 2.45. The number of hydrogen-bond acceptors (Lipinski definition) is 0. The summed E-state index contributed by atoms with van der Waals surface area (Å²) in [6, 6.07) is 33.8. The molecule has 0 aliphatic carbocycles. The van der Waals surface area contributed by atoms with Crippen LogP contribution in [0.1, 0.15) is 22.3 Å². The van der Waals surface area contributed by atoms with Gasteiger partial charge in [0, 0.05) is 0 Å². The predicted octanol–water partition coefficient (Wildman–Crippen LogP) is 6.25. The van der Waals surface area contributed by atoms with E-state index < -0.39 is 7.26 Å². The van der Waals surface area contributed by atoms with Gasteiger partial charge in [-0.05, 0) is 74.9 Å². The van der Waals surface area contributed by atoms with Gasteiger partial charge >= 0.3 is 0 Å². The van der Waals surface area contributed by atoms with Crippen LogP contribution in [0.25, 0.3) is 0 Å². The molecule has 0 saturated carbocycles. The van der Waals surface area contributed by atoms with E-state index in [1.807, 2.05) is 6.07 Å². The second kappa shape index (κ2) is 8.54. The van der Waals surface area contributed by atoms with Gasteiger partial charge < -0.3 is 0 Å². The normalized spacial score (nSPS) is 11.5. The minimum absolute atomic E-state index is 0.178. The maximum atomic E-state index is 14.1. The summed E-state index contributed by atoms with van der Waals surface area (Å²) in [5.74, 6) is -0.178. The van der Waals surface area contributed by atoms with Crippen LogP contribution in [-0.4, -0.2) is 0 Å². The first-order chi connectivity index (χ1) is 14.5. The Morgan fingerprint density at radius 1 is 0.567 bits per heavy atom. The minimum atomic E-state index is -2.02. The highest BCUT2D eigenvalue weighted by Crippen LogP contribution is 2.58. The van der Waals surface area contributed by atoms with Crippen LogP contribution in [0, 0.1) is 26.6 Å². The largest absolute Gasteiger partial charge is 0.207 e. The average molecular weight is 412 g/mol. The molecule has 150 valence electrons. The molecule has 0 bridgehead atoms. The summed E-state index contributed by atoms with van der Waals surface area (Å²) in [6.07, 6.45) is 0.792. The molecule has 0 unspecified atom stereocenters. The number of aryl methyl sites for hydroxylation is 3. The zero-order chi connectivity index (χ0) is 21.1. The summed E-state index contributed by atoms with van der Waals surface area (Å²) < 4.78 is 14.1. The van der Waals surface area contributed by atoms with Crippen molar-refractivity contribution in [1.29, 1.82) is 0 Å². The first kappa shape index (κ1) is 20.5. The predicted molar refractivity (Wildman–Crippen MR) is 129 cm³/mol. The van der Waals surface area contributed by atoms with Crippen LogP contribution in [0.5, 0.6) is 0 Å². The third-order valence-corrected chi connectivity index (χ3v) is 10.1. The lowest BCUT2D eigenvalue weighted by Gasteiger charge is -2.28. The van der Waals surface area contributed by atoms with Crippen LogP contribution < -0.4 is 15.9 Å². The standard InChI is InChI=1S/C28H27FP/c1-21-7-13-26(14-8-21)30(27-15-9-22(2)10-16-27,28-17-11-23(3)12-18-28)20-24-5-4-6-25(29)19-24/h4-19H,20H2,1-3H3/q+1/i29-1. The van der Waals surface area contributed by atoms with Crippen LogP contribution in [0.4, 0.5) is 4.39 Å². The minimum Gasteiger partial charge on any atom is -0.207 e. The smallest absolute Gasteiger partial charge is 0.123 e. The van der Waals surface area contributed by atoms with Gasteiger partial charge in [0.05, 0.1) is 6.16 Å². The third kappa shape index (κ3) is 4.09. The fourth-order valence-electron chi connectivity index (χ4n) is 4.03. The summed E-state index contributed by atoms with van der Waals surface area (Å²) in [5, 5.41) is 3.97. The van der Waals surface area contributed by atoms with Gasteiger partial charge in [-0.15, -0.1) is 0 Å². The lowest BCUT2D eigenvalue weighted by molar-refractivity contribution is 0.626. The molecule has 0 heterocycles. The topological polar surface area (TPSA) is 0 Å². The van der Waals surface area contributed by atoms with Crippen molar-refractivity contribution in [1.82, 2.24) is 0 Å². The van der Waals surface area contributed by atoms with Gasteiger partial charge in [0.2, 0.25) is 0 Å². The van der Waals surface area contributed by atoms with Gasteiger partial charge in [-0.3, -0.25) is 0 Å². The molecule has 0 aromatic heterocycles. The van der Waals surface area contributed by atoms with Crippen LogP contribution in [0.15, 0.2) is 97.1 Å². The van der Waals surface area contributed by atoms with E-state index in [0.717, 1.165) is 11.7 Å². The molecule has 0 aliphatic rings. The first-order valence-corrected chi connectivity index (χ1v) is 12.3. The zero-order valence-corrected chi connectivity index (χ0v) is 18.7. The Kier molecular flexibility index (Phi) is 5.84. The fourth-order valence-corrected chi connectivity index (χ4v) is 8.19.